The second-order valence-corrected chi connectivity index (χ2v) is 4.66. The smallest absolute Gasteiger partial charge is 0.254 e. The van der Waals surface area contributed by atoms with Crippen LogP contribution in [0.15, 0.2) is 40.8 Å². The Balaban J connectivity index is 1.79. The molecule has 2 aromatic rings. The first-order valence-corrected chi connectivity index (χ1v) is 6.33. The molecule has 1 aliphatic rings. The highest BCUT2D eigenvalue weighted by Gasteiger charge is 2.24. The fraction of sp³-hybridized carbons (Fsp3) is 0.267. The molecule has 0 saturated carbocycles. The van der Waals surface area contributed by atoms with E-state index in [-0.39, 0.29) is 12.5 Å². The molecule has 2 heterocycles. The fourth-order valence-electron chi connectivity index (χ4n) is 2.41. The molecule has 1 aromatic heterocycles. The zero-order valence-electron chi connectivity index (χ0n) is 10.5. The summed E-state index contributed by atoms with van der Waals surface area (Å²) >= 11 is 0. The van der Waals surface area contributed by atoms with Gasteiger partial charge in [-0.05, 0) is 30.2 Å². The number of fused-ring (bicyclic) bond motifs is 1. The van der Waals surface area contributed by atoms with Crippen molar-refractivity contribution in [1.29, 1.82) is 0 Å². The van der Waals surface area contributed by atoms with Crippen LogP contribution in [0.1, 0.15) is 27.4 Å². The minimum absolute atomic E-state index is 0.0452. The molecular formula is C15H15NO3. The lowest BCUT2D eigenvalue weighted by Crippen LogP contribution is -2.36. The van der Waals surface area contributed by atoms with Gasteiger partial charge in [-0.1, -0.05) is 18.2 Å². The Labute approximate surface area is 111 Å². The van der Waals surface area contributed by atoms with Crippen molar-refractivity contribution < 1.29 is 14.3 Å². The number of aliphatic hydroxyl groups excluding tert-OH is 1. The van der Waals surface area contributed by atoms with Crippen LogP contribution >= 0.6 is 0 Å². The molecule has 0 atom stereocenters. The SMILES string of the molecule is O=C1c2ccccc2CCN1Cc1ccc(CO)o1. The number of furan rings is 1. The molecule has 0 aliphatic carbocycles. The predicted octanol–water partition coefficient (Wildman–Crippen LogP) is 1.97. The number of carbonyl (C=O) groups excluding carboxylic acids is 1. The number of nitrogens with zero attached hydrogens (tertiary/aromatic N) is 1. The predicted molar refractivity (Wildman–Crippen MR) is 69.5 cm³/mol. The van der Waals surface area contributed by atoms with Gasteiger partial charge in [-0.15, -0.1) is 0 Å². The second kappa shape index (κ2) is 4.90. The molecule has 1 aliphatic heterocycles. The van der Waals surface area contributed by atoms with Crippen LogP contribution < -0.4 is 0 Å². The molecule has 0 saturated heterocycles. The third-order valence-corrected chi connectivity index (χ3v) is 3.41. The zero-order chi connectivity index (χ0) is 13.2. The van der Waals surface area contributed by atoms with E-state index in [1.807, 2.05) is 24.3 Å². The summed E-state index contributed by atoms with van der Waals surface area (Å²) in [5, 5.41) is 8.96. The summed E-state index contributed by atoms with van der Waals surface area (Å²) in [7, 11) is 0. The van der Waals surface area contributed by atoms with Crippen LogP contribution in [0.5, 0.6) is 0 Å². The van der Waals surface area contributed by atoms with Gasteiger partial charge in [-0.2, -0.15) is 0 Å². The monoisotopic (exact) mass is 257 g/mol. The summed E-state index contributed by atoms with van der Waals surface area (Å²) in [6.07, 6.45) is 0.871. The summed E-state index contributed by atoms with van der Waals surface area (Å²) in [6, 6.07) is 11.3. The Kier molecular flexibility index (Phi) is 3.09. The molecule has 0 unspecified atom stereocenters. The summed E-state index contributed by atoms with van der Waals surface area (Å²) in [5.41, 5.74) is 1.89. The van der Waals surface area contributed by atoms with Crippen LogP contribution in [0, 0.1) is 0 Å². The van der Waals surface area contributed by atoms with E-state index in [4.69, 9.17) is 9.52 Å². The lowest BCUT2D eigenvalue weighted by molar-refractivity contribution is 0.0713. The number of carbonyl (C=O) groups is 1. The van der Waals surface area contributed by atoms with E-state index in [1.165, 1.54) is 0 Å². The quantitative estimate of drug-likeness (QED) is 0.914. The average molecular weight is 257 g/mol. The van der Waals surface area contributed by atoms with E-state index < -0.39 is 0 Å². The first-order chi connectivity index (χ1) is 9.28. The lowest BCUT2D eigenvalue weighted by atomic mass is 9.99. The van der Waals surface area contributed by atoms with Crippen molar-refractivity contribution in [3.63, 3.8) is 0 Å². The maximum absolute atomic E-state index is 12.3. The number of benzene rings is 1. The normalized spacial score (nSPS) is 14.6. The molecule has 19 heavy (non-hydrogen) atoms. The summed E-state index contributed by atoms with van der Waals surface area (Å²) in [5.74, 6) is 1.28. The van der Waals surface area contributed by atoms with Crippen molar-refractivity contribution in [2.75, 3.05) is 6.54 Å². The summed E-state index contributed by atoms with van der Waals surface area (Å²) < 4.78 is 5.43. The zero-order valence-corrected chi connectivity index (χ0v) is 10.5. The van der Waals surface area contributed by atoms with Gasteiger partial charge in [0.05, 0.1) is 6.54 Å². The highest BCUT2D eigenvalue weighted by Crippen LogP contribution is 2.21. The minimum atomic E-state index is -0.114. The standard InChI is InChI=1S/C15H15NO3/c17-10-13-6-5-12(19-13)9-16-8-7-11-3-1-2-4-14(11)15(16)18/h1-6,17H,7-10H2. The first kappa shape index (κ1) is 12.0. The van der Waals surface area contributed by atoms with Gasteiger partial charge < -0.3 is 14.4 Å². The molecule has 0 fully saturated rings. The molecule has 3 rings (SSSR count). The van der Waals surface area contributed by atoms with Crippen LogP contribution in [0.2, 0.25) is 0 Å². The Morgan fingerprint density at radius 1 is 1.16 bits per heavy atom. The Morgan fingerprint density at radius 2 is 1.95 bits per heavy atom. The Morgan fingerprint density at radius 3 is 2.74 bits per heavy atom. The summed E-state index contributed by atoms with van der Waals surface area (Å²) in [4.78, 5) is 14.1. The molecule has 4 heteroatoms. The lowest BCUT2D eigenvalue weighted by Gasteiger charge is -2.27. The minimum Gasteiger partial charge on any atom is -0.462 e. The maximum Gasteiger partial charge on any atom is 0.254 e. The number of hydrogen-bond acceptors (Lipinski definition) is 3. The number of amides is 1. The highest BCUT2D eigenvalue weighted by molar-refractivity contribution is 5.96. The van der Waals surface area contributed by atoms with E-state index in [0.717, 1.165) is 17.5 Å². The van der Waals surface area contributed by atoms with E-state index in [1.54, 1.807) is 17.0 Å². The van der Waals surface area contributed by atoms with Crippen molar-refractivity contribution in [2.45, 2.75) is 19.6 Å². The van der Waals surface area contributed by atoms with Gasteiger partial charge in [0.2, 0.25) is 0 Å². The van der Waals surface area contributed by atoms with Crippen LogP contribution in [0.4, 0.5) is 0 Å². The third-order valence-electron chi connectivity index (χ3n) is 3.41. The van der Waals surface area contributed by atoms with Gasteiger partial charge in [0.25, 0.3) is 5.91 Å². The molecule has 1 amide bonds. The Bertz CT molecular complexity index is 603. The van der Waals surface area contributed by atoms with Gasteiger partial charge in [0, 0.05) is 12.1 Å². The van der Waals surface area contributed by atoms with Gasteiger partial charge in [0.1, 0.15) is 18.1 Å². The van der Waals surface area contributed by atoms with Crippen molar-refractivity contribution in [3.05, 3.63) is 59.0 Å². The summed E-state index contributed by atoms with van der Waals surface area (Å²) in [6.45, 7) is 1.04. The molecule has 98 valence electrons. The highest BCUT2D eigenvalue weighted by atomic mass is 16.4. The molecule has 1 N–H and O–H groups in total. The number of aliphatic hydroxyl groups is 1. The molecule has 4 nitrogen and oxygen atoms in total. The molecule has 0 bridgehead atoms. The van der Waals surface area contributed by atoms with Crippen LogP contribution in [-0.2, 0) is 19.6 Å². The first-order valence-electron chi connectivity index (χ1n) is 6.33. The van der Waals surface area contributed by atoms with Gasteiger partial charge in [0.15, 0.2) is 0 Å². The number of hydrogen-bond donors (Lipinski definition) is 1. The fourth-order valence-corrected chi connectivity index (χ4v) is 2.41. The third kappa shape index (κ3) is 2.27. The topological polar surface area (TPSA) is 53.7 Å². The average Bonchev–Trinajstić information content (AvgIpc) is 2.90. The van der Waals surface area contributed by atoms with E-state index in [9.17, 15) is 4.79 Å². The van der Waals surface area contributed by atoms with E-state index >= 15 is 0 Å². The maximum atomic E-state index is 12.3. The van der Waals surface area contributed by atoms with Gasteiger partial charge in [-0.3, -0.25) is 4.79 Å². The Hall–Kier alpha value is -2.07. The largest absolute Gasteiger partial charge is 0.462 e. The van der Waals surface area contributed by atoms with Crippen LogP contribution in [-0.4, -0.2) is 22.5 Å². The second-order valence-electron chi connectivity index (χ2n) is 4.66. The van der Waals surface area contributed by atoms with E-state index in [2.05, 4.69) is 0 Å². The van der Waals surface area contributed by atoms with Crippen molar-refractivity contribution in [3.8, 4) is 0 Å². The van der Waals surface area contributed by atoms with Gasteiger partial charge in [-0.25, -0.2) is 0 Å². The van der Waals surface area contributed by atoms with Crippen molar-refractivity contribution in [2.24, 2.45) is 0 Å². The molecule has 1 aromatic carbocycles. The molecular weight excluding hydrogens is 242 g/mol. The van der Waals surface area contributed by atoms with E-state index in [0.29, 0.717) is 24.6 Å². The molecule has 0 radical (unpaired) electrons. The molecule has 0 spiro atoms. The number of rotatable bonds is 3. The van der Waals surface area contributed by atoms with Crippen LogP contribution in [0.25, 0.3) is 0 Å². The van der Waals surface area contributed by atoms with Crippen LogP contribution in [0.3, 0.4) is 0 Å². The van der Waals surface area contributed by atoms with Crippen molar-refractivity contribution in [1.82, 2.24) is 4.90 Å². The van der Waals surface area contributed by atoms with Crippen molar-refractivity contribution >= 4 is 5.91 Å². The van der Waals surface area contributed by atoms with Gasteiger partial charge >= 0.3 is 0 Å².